The Morgan fingerprint density at radius 2 is 1.80 bits per heavy atom. The molecule has 114 valence electrons. The standard InChI is InChI=1S/C11H15ClFNO4S2/c1-3-7-14(4-2)20(17,18)11-6-5-9(8-10(11)13)19(12,15)16/h5-6,8H,3-4,7H2,1-2H3. The van der Waals surface area contributed by atoms with Crippen molar-refractivity contribution < 1.29 is 21.2 Å². The van der Waals surface area contributed by atoms with E-state index in [0.717, 1.165) is 16.4 Å². The molecule has 0 radical (unpaired) electrons. The number of rotatable bonds is 6. The Morgan fingerprint density at radius 3 is 2.20 bits per heavy atom. The Morgan fingerprint density at radius 1 is 1.20 bits per heavy atom. The van der Waals surface area contributed by atoms with Crippen LogP contribution in [0.25, 0.3) is 0 Å². The second kappa shape index (κ2) is 6.38. The summed E-state index contributed by atoms with van der Waals surface area (Å²) in [7, 11) is -3.00. The topological polar surface area (TPSA) is 71.5 Å². The third-order valence-corrected chi connectivity index (χ3v) is 5.99. The maximum Gasteiger partial charge on any atom is 0.261 e. The number of sulfonamides is 1. The highest BCUT2D eigenvalue weighted by Gasteiger charge is 2.26. The summed E-state index contributed by atoms with van der Waals surface area (Å²) in [4.78, 5) is -1.04. The van der Waals surface area contributed by atoms with E-state index in [0.29, 0.717) is 12.5 Å². The van der Waals surface area contributed by atoms with Gasteiger partial charge >= 0.3 is 0 Å². The number of hydrogen-bond donors (Lipinski definition) is 0. The second-order valence-electron chi connectivity index (χ2n) is 4.03. The fourth-order valence-electron chi connectivity index (χ4n) is 1.68. The van der Waals surface area contributed by atoms with Crippen LogP contribution in [0.15, 0.2) is 28.0 Å². The first-order chi connectivity index (χ1) is 9.14. The fraction of sp³-hybridized carbons (Fsp3) is 0.455. The van der Waals surface area contributed by atoms with E-state index in [-0.39, 0.29) is 13.1 Å². The van der Waals surface area contributed by atoms with Gasteiger partial charge in [-0.15, -0.1) is 0 Å². The Hall–Kier alpha value is -0.700. The van der Waals surface area contributed by atoms with E-state index in [4.69, 9.17) is 10.7 Å². The molecule has 0 bridgehead atoms. The van der Waals surface area contributed by atoms with Crippen LogP contribution in [0.4, 0.5) is 4.39 Å². The number of halogens is 2. The highest BCUT2D eigenvalue weighted by Crippen LogP contribution is 2.24. The van der Waals surface area contributed by atoms with E-state index in [1.807, 2.05) is 0 Å². The molecule has 0 saturated heterocycles. The van der Waals surface area contributed by atoms with Crippen molar-refractivity contribution >= 4 is 29.8 Å². The zero-order valence-electron chi connectivity index (χ0n) is 11.0. The molecule has 1 aromatic carbocycles. The van der Waals surface area contributed by atoms with Gasteiger partial charge in [-0.25, -0.2) is 21.2 Å². The first-order valence-corrected chi connectivity index (χ1v) is 9.63. The van der Waals surface area contributed by atoms with Crippen molar-refractivity contribution in [3.05, 3.63) is 24.0 Å². The summed E-state index contributed by atoms with van der Waals surface area (Å²) >= 11 is 0. The maximum atomic E-state index is 13.9. The van der Waals surface area contributed by atoms with Crippen LogP contribution in [0.2, 0.25) is 0 Å². The van der Waals surface area contributed by atoms with Crippen molar-refractivity contribution in [3.8, 4) is 0 Å². The van der Waals surface area contributed by atoms with Crippen molar-refractivity contribution in [1.82, 2.24) is 4.31 Å². The van der Waals surface area contributed by atoms with Crippen molar-refractivity contribution in [2.75, 3.05) is 13.1 Å². The van der Waals surface area contributed by atoms with Gasteiger partial charge in [-0.05, 0) is 24.6 Å². The van der Waals surface area contributed by atoms with Crippen molar-refractivity contribution in [3.63, 3.8) is 0 Å². The Bertz CT molecular complexity index is 688. The minimum absolute atomic E-state index is 0.200. The van der Waals surface area contributed by atoms with Gasteiger partial charge in [0.05, 0.1) is 4.90 Å². The van der Waals surface area contributed by atoms with Gasteiger partial charge in [0.15, 0.2) is 0 Å². The van der Waals surface area contributed by atoms with Crippen molar-refractivity contribution in [2.24, 2.45) is 0 Å². The first-order valence-electron chi connectivity index (χ1n) is 5.89. The molecule has 0 amide bonds. The fourth-order valence-corrected chi connectivity index (χ4v) is 4.03. The van der Waals surface area contributed by atoms with Gasteiger partial charge in [-0.3, -0.25) is 0 Å². The van der Waals surface area contributed by atoms with Crippen LogP contribution < -0.4 is 0 Å². The summed E-state index contributed by atoms with van der Waals surface area (Å²) in [6, 6.07) is 2.49. The van der Waals surface area contributed by atoms with E-state index in [1.54, 1.807) is 13.8 Å². The summed E-state index contributed by atoms with van der Waals surface area (Å²) in [6.07, 6.45) is 0.586. The lowest BCUT2D eigenvalue weighted by Crippen LogP contribution is -2.32. The van der Waals surface area contributed by atoms with Crippen LogP contribution in [0, 0.1) is 5.82 Å². The summed E-state index contributed by atoms with van der Waals surface area (Å²) in [5.41, 5.74) is 0. The Labute approximate surface area is 122 Å². The molecule has 0 aliphatic heterocycles. The number of benzene rings is 1. The zero-order valence-corrected chi connectivity index (χ0v) is 13.4. The van der Waals surface area contributed by atoms with E-state index in [1.165, 1.54) is 0 Å². The van der Waals surface area contributed by atoms with E-state index in [2.05, 4.69) is 0 Å². The summed E-state index contributed by atoms with van der Waals surface area (Å²) in [5.74, 6) is -1.14. The molecule has 1 rings (SSSR count). The van der Waals surface area contributed by atoms with Crippen LogP contribution in [0.1, 0.15) is 20.3 Å². The average Bonchev–Trinajstić information content (AvgIpc) is 2.34. The van der Waals surface area contributed by atoms with Crippen LogP contribution in [-0.2, 0) is 19.1 Å². The van der Waals surface area contributed by atoms with Crippen molar-refractivity contribution in [1.29, 1.82) is 0 Å². The lowest BCUT2D eigenvalue weighted by molar-refractivity contribution is 0.422. The van der Waals surface area contributed by atoms with Crippen LogP contribution >= 0.6 is 10.7 Å². The molecule has 0 heterocycles. The highest BCUT2D eigenvalue weighted by molar-refractivity contribution is 8.13. The molecule has 20 heavy (non-hydrogen) atoms. The maximum absolute atomic E-state index is 13.9. The van der Waals surface area contributed by atoms with Gasteiger partial charge in [0.2, 0.25) is 10.0 Å². The van der Waals surface area contributed by atoms with Gasteiger partial charge in [0.25, 0.3) is 9.05 Å². The average molecular weight is 344 g/mol. The van der Waals surface area contributed by atoms with Crippen LogP contribution in [0.5, 0.6) is 0 Å². The minimum Gasteiger partial charge on any atom is -0.207 e. The zero-order chi connectivity index (χ0) is 15.6. The highest BCUT2D eigenvalue weighted by atomic mass is 35.7. The molecule has 1 aromatic rings. The molecular weight excluding hydrogens is 329 g/mol. The molecular formula is C11H15ClFNO4S2. The number of hydrogen-bond acceptors (Lipinski definition) is 4. The van der Waals surface area contributed by atoms with Gasteiger partial charge < -0.3 is 0 Å². The van der Waals surface area contributed by atoms with Gasteiger partial charge in [0.1, 0.15) is 10.7 Å². The Kier molecular flexibility index (Phi) is 5.54. The van der Waals surface area contributed by atoms with Gasteiger partial charge in [-0.1, -0.05) is 13.8 Å². The third kappa shape index (κ3) is 3.69. The van der Waals surface area contributed by atoms with E-state index >= 15 is 0 Å². The summed E-state index contributed by atoms with van der Waals surface area (Å²) < 4.78 is 61.6. The van der Waals surface area contributed by atoms with Crippen LogP contribution in [0.3, 0.4) is 0 Å². The predicted octanol–water partition coefficient (Wildman–Crippen LogP) is 2.17. The molecule has 0 atom stereocenters. The lowest BCUT2D eigenvalue weighted by Gasteiger charge is -2.20. The molecule has 0 aliphatic rings. The Balaban J connectivity index is 3.34. The monoisotopic (exact) mass is 343 g/mol. The smallest absolute Gasteiger partial charge is 0.207 e. The molecule has 9 heteroatoms. The summed E-state index contributed by atoms with van der Waals surface area (Å²) in [5, 5.41) is 0. The predicted molar refractivity (Wildman–Crippen MR) is 74.2 cm³/mol. The SMILES string of the molecule is CCCN(CC)S(=O)(=O)c1ccc(S(=O)(=O)Cl)cc1F. The molecule has 0 N–H and O–H groups in total. The molecule has 0 unspecified atom stereocenters. The third-order valence-electron chi connectivity index (χ3n) is 2.63. The number of nitrogens with zero attached hydrogens (tertiary/aromatic N) is 1. The quantitative estimate of drug-likeness (QED) is 0.742. The largest absolute Gasteiger partial charge is 0.261 e. The molecule has 0 spiro atoms. The van der Waals surface area contributed by atoms with Gasteiger partial charge in [0, 0.05) is 23.8 Å². The molecule has 0 saturated carbocycles. The van der Waals surface area contributed by atoms with E-state index < -0.39 is 34.7 Å². The molecule has 0 aromatic heterocycles. The minimum atomic E-state index is -4.10. The summed E-state index contributed by atoms with van der Waals surface area (Å²) in [6.45, 7) is 3.90. The molecule has 0 fully saturated rings. The first kappa shape index (κ1) is 17.4. The lowest BCUT2D eigenvalue weighted by atomic mass is 10.3. The van der Waals surface area contributed by atoms with Crippen LogP contribution in [-0.4, -0.2) is 34.2 Å². The second-order valence-corrected chi connectivity index (χ2v) is 8.50. The normalized spacial score (nSPS) is 12.8. The van der Waals surface area contributed by atoms with Gasteiger partial charge in [-0.2, -0.15) is 4.31 Å². The van der Waals surface area contributed by atoms with Crippen molar-refractivity contribution in [2.45, 2.75) is 30.1 Å². The molecule has 5 nitrogen and oxygen atoms in total. The van der Waals surface area contributed by atoms with E-state index in [9.17, 15) is 21.2 Å². The molecule has 0 aliphatic carbocycles.